The molecule has 0 aromatic heterocycles. The maximum Gasteiger partial charge on any atom is 0.216 e. The minimum atomic E-state index is -0.572. The molecule has 0 unspecified atom stereocenters. The Kier molecular flexibility index (Phi) is 3.49. The summed E-state index contributed by atoms with van der Waals surface area (Å²) in [6.45, 7) is 0. The minimum Gasteiger partial charge on any atom is -0.464 e. The maximum atomic E-state index is 14.5. The van der Waals surface area contributed by atoms with Crippen molar-refractivity contribution in [3.63, 3.8) is 0 Å². The first kappa shape index (κ1) is 15.1. The molecule has 4 heteroatoms. The average molecular weight is 344 g/mol. The van der Waals surface area contributed by atoms with Gasteiger partial charge in [0.25, 0.3) is 0 Å². The molecule has 3 aromatic rings. The number of hydrogen-bond acceptors (Lipinski definition) is 3. The standard InChI is InChI=1S/C22H17FN2O/c23-18-12-6-4-10-16(18)22-25-20(17-11-5-7-13-21(17)26-22)14-19(24-25)15-8-2-1-3-9-15/h1-13,20,22H,14H2/t20-,22-/m1/s1. The SMILES string of the molecule is Fc1ccccc1[C@H]1Oc2ccccc2[C@H]2CC(c3ccccc3)=NN21. The zero-order valence-electron chi connectivity index (χ0n) is 14.0. The number of nitrogens with zero attached hydrogens (tertiary/aromatic N) is 2. The van der Waals surface area contributed by atoms with Crippen LogP contribution in [-0.4, -0.2) is 10.7 Å². The number of ether oxygens (including phenoxy) is 1. The van der Waals surface area contributed by atoms with Gasteiger partial charge in [0.05, 0.1) is 17.3 Å². The zero-order chi connectivity index (χ0) is 17.5. The van der Waals surface area contributed by atoms with E-state index in [4.69, 9.17) is 9.84 Å². The minimum absolute atomic E-state index is 0.0414. The van der Waals surface area contributed by atoms with Gasteiger partial charge in [-0.25, -0.2) is 9.40 Å². The van der Waals surface area contributed by atoms with E-state index in [-0.39, 0.29) is 11.9 Å². The third-order valence-electron chi connectivity index (χ3n) is 4.98. The molecule has 2 atom stereocenters. The lowest BCUT2D eigenvalue weighted by molar-refractivity contribution is -0.0212. The van der Waals surface area contributed by atoms with Crippen LogP contribution in [0, 0.1) is 5.82 Å². The number of hydrazone groups is 1. The highest BCUT2D eigenvalue weighted by Crippen LogP contribution is 2.47. The van der Waals surface area contributed by atoms with Crippen LogP contribution in [0.4, 0.5) is 4.39 Å². The lowest BCUT2D eigenvalue weighted by Gasteiger charge is -2.38. The van der Waals surface area contributed by atoms with Crippen molar-refractivity contribution in [2.75, 3.05) is 0 Å². The molecule has 128 valence electrons. The first-order chi connectivity index (χ1) is 12.8. The molecule has 2 aliphatic heterocycles. The molecule has 0 amide bonds. The fourth-order valence-electron chi connectivity index (χ4n) is 3.72. The molecule has 26 heavy (non-hydrogen) atoms. The number of hydrogen-bond donors (Lipinski definition) is 0. The van der Waals surface area contributed by atoms with Gasteiger partial charge in [0.2, 0.25) is 6.23 Å². The largest absolute Gasteiger partial charge is 0.464 e. The molecule has 0 saturated heterocycles. The summed E-state index contributed by atoms with van der Waals surface area (Å²) in [6, 6.07) is 24.9. The fraction of sp³-hybridized carbons (Fsp3) is 0.136. The van der Waals surface area contributed by atoms with Crippen LogP contribution in [0.15, 0.2) is 84.0 Å². The molecule has 0 bridgehead atoms. The molecular formula is C22H17FN2O. The van der Waals surface area contributed by atoms with Crippen molar-refractivity contribution >= 4 is 5.71 Å². The predicted octanol–water partition coefficient (Wildman–Crippen LogP) is 5.07. The van der Waals surface area contributed by atoms with Crippen molar-refractivity contribution in [1.29, 1.82) is 0 Å². The summed E-state index contributed by atoms with van der Waals surface area (Å²) in [5.41, 5.74) is 3.68. The lowest BCUT2D eigenvalue weighted by Crippen LogP contribution is -2.34. The number of halogens is 1. The van der Waals surface area contributed by atoms with Crippen LogP contribution in [0.3, 0.4) is 0 Å². The van der Waals surface area contributed by atoms with Crippen molar-refractivity contribution in [3.05, 3.63) is 101 Å². The van der Waals surface area contributed by atoms with Gasteiger partial charge < -0.3 is 4.74 Å². The molecule has 0 saturated carbocycles. The van der Waals surface area contributed by atoms with Gasteiger partial charge in [-0.15, -0.1) is 0 Å². The lowest BCUT2D eigenvalue weighted by atomic mass is 9.96. The van der Waals surface area contributed by atoms with E-state index in [1.54, 1.807) is 12.1 Å². The van der Waals surface area contributed by atoms with Gasteiger partial charge in [-0.3, -0.25) is 0 Å². The van der Waals surface area contributed by atoms with E-state index in [0.29, 0.717) is 5.56 Å². The quantitative estimate of drug-likeness (QED) is 0.648. The predicted molar refractivity (Wildman–Crippen MR) is 98.4 cm³/mol. The number of para-hydroxylation sites is 1. The number of fused-ring (bicyclic) bond motifs is 3. The molecule has 2 heterocycles. The third-order valence-corrected chi connectivity index (χ3v) is 4.98. The molecular weight excluding hydrogens is 327 g/mol. The van der Waals surface area contributed by atoms with Gasteiger partial charge >= 0.3 is 0 Å². The van der Waals surface area contributed by atoms with Crippen LogP contribution in [0.5, 0.6) is 5.75 Å². The van der Waals surface area contributed by atoms with Crippen LogP contribution in [-0.2, 0) is 0 Å². The first-order valence-corrected chi connectivity index (χ1v) is 8.72. The van der Waals surface area contributed by atoms with Crippen molar-refractivity contribution in [3.8, 4) is 5.75 Å². The average Bonchev–Trinajstić information content (AvgIpc) is 3.14. The summed E-state index contributed by atoms with van der Waals surface area (Å²) in [5, 5.41) is 6.74. The van der Waals surface area contributed by atoms with E-state index >= 15 is 0 Å². The second kappa shape index (κ2) is 5.99. The van der Waals surface area contributed by atoms with Crippen LogP contribution in [0.25, 0.3) is 0 Å². The summed E-state index contributed by atoms with van der Waals surface area (Å²) < 4.78 is 20.6. The Balaban J connectivity index is 1.63. The van der Waals surface area contributed by atoms with Crippen molar-refractivity contribution in [1.82, 2.24) is 5.01 Å². The second-order valence-electron chi connectivity index (χ2n) is 6.54. The van der Waals surface area contributed by atoms with E-state index in [9.17, 15) is 4.39 Å². The van der Waals surface area contributed by atoms with Gasteiger partial charge in [-0.1, -0.05) is 66.7 Å². The summed E-state index contributed by atoms with van der Waals surface area (Å²) in [6.07, 6.45) is 0.201. The summed E-state index contributed by atoms with van der Waals surface area (Å²) in [4.78, 5) is 0. The molecule has 0 fully saturated rings. The summed E-state index contributed by atoms with van der Waals surface area (Å²) >= 11 is 0. The van der Waals surface area contributed by atoms with Gasteiger partial charge in [0.1, 0.15) is 11.6 Å². The third kappa shape index (κ3) is 2.37. The van der Waals surface area contributed by atoms with E-state index in [0.717, 1.165) is 29.0 Å². The van der Waals surface area contributed by atoms with Crippen molar-refractivity contribution in [2.24, 2.45) is 5.10 Å². The number of benzene rings is 3. The number of rotatable bonds is 2. The van der Waals surface area contributed by atoms with E-state index < -0.39 is 6.23 Å². The highest BCUT2D eigenvalue weighted by Gasteiger charge is 2.41. The maximum absolute atomic E-state index is 14.5. The molecule has 0 N–H and O–H groups in total. The van der Waals surface area contributed by atoms with Gasteiger partial charge in [-0.2, -0.15) is 5.10 Å². The molecule has 2 aliphatic rings. The summed E-state index contributed by atoms with van der Waals surface area (Å²) in [5.74, 6) is 0.519. The van der Waals surface area contributed by atoms with E-state index in [1.807, 2.05) is 47.5 Å². The summed E-state index contributed by atoms with van der Waals surface area (Å²) in [7, 11) is 0. The molecule has 0 aliphatic carbocycles. The van der Waals surface area contributed by atoms with Gasteiger partial charge in [0, 0.05) is 12.0 Å². The topological polar surface area (TPSA) is 24.8 Å². The Morgan fingerprint density at radius 1 is 0.846 bits per heavy atom. The van der Waals surface area contributed by atoms with Crippen LogP contribution < -0.4 is 4.74 Å². The molecule has 3 nitrogen and oxygen atoms in total. The Hall–Kier alpha value is -3.14. The van der Waals surface area contributed by atoms with Crippen molar-refractivity contribution in [2.45, 2.75) is 18.7 Å². The fourth-order valence-corrected chi connectivity index (χ4v) is 3.72. The molecule has 3 aromatic carbocycles. The normalized spacial score (nSPS) is 20.8. The Morgan fingerprint density at radius 3 is 2.35 bits per heavy atom. The van der Waals surface area contributed by atoms with Gasteiger partial charge in [0.15, 0.2) is 0 Å². The second-order valence-corrected chi connectivity index (χ2v) is 6.54. The van der Waals surface area contributed by atoms with Crippen molar-refractivity contribution < 1.29 is 9.13 Å². The molecule has 0 radical (unpaired) electrons. The van der Waals surface area contributed by atoms with Crippen LogP contribution in [0.2, 0.25) is 0 Å². The van der Waals surface area contributed by atoms with Crippen LogP contribution >= 0.6 is 0 Å². The highest BCUT2D eigenvalue weighted by atomic mass is 19.1. The van der Waals surface area contributed by atoms with E-state index in [1.165, 1.54) is 6.07 Å². The molecule has 0 spiro atoms. The van der Waals surface area contributed by atoms with E-state index in [2.05, 4.69) is 18.2 Å². The Bertz CT molecular complexity index is 986. The monoisotopic (exact) mass is 344 g/mol. The smallest absolute Gasteiger partial charge is 0.216 e. The first-order valence-electron chi connectivity index (χ1n) is 8.72. The van der Waals surface area contributed by atoms with Gasteiger partial charge in [-0.05, 0) is 17.7 Å². The zero-order valence-corrected chi connectivity index (χ0v) is 14.0. The Labute approximate surface area is 151 Å². The van der Waals surface area contributed by atoms with Crippen LogP contribution in [0.1, 0.15) is 35.4 Å². The highest BCUT2D eigenvalue weighted by molar-refractivity contribution is 6.01. The molecule has 5 rings (SSSR count). The Morgan fingerprint density at radius 2 is 1.54 bits per heavy atom.